The number of hydrogen-bond acceptors (Lipinski definition) is 1. The summed E-state index contributed by atoms with van der Waals surface area (Å²) >= 11 is 0. The van der Waals surface area contributed by atoms with Gasteiger partial charge in [0.2, 0.25) is 0 Å². The Kier molecular flexibility index (Phi) is 6.44. The summed E-state index contributed by atoms with van der Waals surface area (Å²) in [5.74, 6) is 0. The second-order valence-corrected chi connectivity index (χ2v) is 3.11. The Balaban J connectivity index is 0.000000381. The first-order chi connectivity index (χ1) is 6.27. The van der Waals surface area contributed by atoms with E-state index in [4.69, 9.17) is 0 Å². The predicted molar refractivity (Wildman–Crippen MR) is 55.8 cm³/mol. The zero-order valence-corrected chi connectivity index (χ0v) is 11.5. The largest absolute Gasteiger partial charge is 0.581 e. The average molecular weight is 361 g/mol. The molecule has 0 bridgehead atoms. The minimum absolute atomic E-state index is 0. The number of aryl methyl sites for hydroxylation is 1. The first kappa shape index (κ1) is 13.4. The smallest absolute Gasteiger partial charge is 0.0467 e. The molecule has 0 N–H and O–H groups in total. The fourth-order valence-corrected chi connectivity index (χ4v) is 1.02. The average Bonchev–Trinajstić information content (AvgIpc) is 2.52. The van der Waals surface area contributed by atoms with Crippen molar-refractivity contribution in [3.63, 3.8) is 0 Å². The van der Waals surface area contributed by atoms with Crippen LogP contribution < -0.4 is 5.10 Å². The van der Waals surface area contributed by atoms with Crippen molar-refractivity contribution >= 4 is 10.9 Å². The molecule has 2 nitrogen and oxygen atoms in total. The van der Waals surface area contributed by atoms with Gasteiger partial charge in [0.15, 0.2) is 0 Å². The molecule has 1 heterocycles. The normalized spacial score (nSPS) is 8.79. The second kappa shape index (κ2) is 6.75. The number of benzene rings is 1. The molecule has 0 unspecified atom stereocenters. The summed E-state index contributed by atoms with van der Waals surface area (Å²) in [5.41, 5.74) is 2.23. The van der Waals surface area contributed by atoms with E-state index in [0.717, 1.165) is 10.9 Å². The first-order valence-corrected chi connectivity index (χ1v) is 4.62. The molecule has 2 rings (SSSR count). The molecule has 0 fully saturated rings. The van der Waals surface area contributed by atoms with Gasteiger partial charge in [-0.25, -0.2) is 0 Å². The van der Waals surface area contributed by atoms with E-state index in [9.17, 15) is 0 Å². The van der Waals surface area contributed by atoms with Crippen molar-refractivity contribution in [1.82, 2.24) is 10.2 Å². The number of rotatable bonds is 0. The Morgan fingerprint density at radius 2 is 1.93 bits per heavy atom. The standard InChI is InChI=1S/C8H7N2.C3H8.Re/c1-6-2-3-8-7(4-6)5-9-10-8;1-3-2;/h2-5H,1H3;3H2,1-2H3;/q-1;;. The van der Waals surface area contributed by atoms with Crippen molar-refractivity contribution in [3.05, 3.63) is 30.0 Å². The molecule has 2 aromatic rings. The number of nitrogens with zero attached hydrogens (tertiary/aromatic N) is 2. The number of hydrogen-bond donors (Lipinski definition) is 0. The molecule has 0 aliphatic carbocycles. The maximum Gasteiger partial charge on any atom is 0.0467 e. The van der Waals surface area contributed by atoms with Crippen LogP contribution in [0.15, 0.2) is 24.4 Å². The Morgan fingerprint density at radius 3 is 2.57 bits per heavy atom. The van der Waals surface area contributed by atoms with Crippen LogP contribution >= 0.6 is 0 Å². The van der Waals surface area contributed by atoms with Crippen LogP contribution in [0.25, 0.3) is 10.9 Å². The molecule has 0 amide bonds. The van der Waals surface area contributed by atoms with E-state index in [-0.39, 0.29) is 20.4 Å². The second-order valence-electron chi connectivity index (χ2n) is 3.11. The van der Waals surface area contributed by atoms with Gasteiger partial charge in [-0.15, -0.1) is 0 Å². The van der Waals surface area contributed by atoms with Crippen molar-refractivity contribution in [2.75, 3.05) is 0 Å². The van der Waals surface area contributed by atoms with Gasteiger partial charge in [0.25, 0.3) is 0 Å². The molecule has 77 valence electrons. The van der Waals surface area contributed by atoms with Gasteiger partial charge in [0, 0.05) is 25.9 Å². The Bertz CT molecular complexity index is 368. The van der Waals surface area contributed by atoms with Crippen LogP contribution in [-0.4, -0.2) is 5.10 Å². The third kappa shape index (κ3) is 3.61. The minimum atomic E-state index is 0. The predicted octanol–water partition coefficient (Wildman–Crippen LogP) is 2.91. The SMILES string of the molecule is CCC.Cc1ccc2n[n-]cc2c1.[Re]. The molecule has 0 saturated heterocycles. The van der Waals surface area contributed by atoms with E-state index in [2.05, 4.69) is 37.0 Å². The van der Waals surface area contributed by atoms with Gasteiger partial charge in [0.05, 0.1) is 0 Å². The van der Waals surface area contributed by atoms with Crippen LogP contribution in [0.5, 0.6) is 0 Å². The van der Waals surface area contributed by atoms with Crippen LogP contribution in [0.4, 0.5) is 0 Å². The molecule has 1 aromatic carbocycles. The van der Waals surface area contributed by atoms with Crippen LogP contribution in [0.1, 0.15) is 25.8 Å². The summed E-state index contributed by atoms with van der Waals surface area (Å²) in [6, 6.07) is 6.10. The van der Waals surface area contributed by atoms with Gasteiger partial charge in [-0.1, -0.05) is 38.0 Å². The van der Waals surface area contributed by atoms with Gasteiger partial charge in [-0.2, -0.15) is 6.20 Å². The van der Waals surface area contributed by atoms with Crippen molar-refractivity contribution in [2.45, 2.75) is 27.2 Å². The Morgan fingerprint density at radius 1 is 1.29 bits per heavy atom. The molecule has 1 aromatic heterocycles. The Hall–Kier alpha value is -0.648. The summed E-state index contributed by atoms with van der Waals surface area (Å²) in [6.45, 7) is 6.31. The Labute approximate surface area is 98.8 Å². The summed E-state index contributed by atoms with van der Waals surface area (Å²) in [7, 11) is 0. The van der Waals surface area contributed by atoms with E-state index in [1.165, 1.54) is 12.0 Å². The molecule has 0 saturated carbocycles. The molecule has 0 atom stereocenters. The van der Waals surface area contributed by atoms with Crippen LogP contribution in [0.2, 0.25) is 0 Å². The van der Waals surface area contributed by atoms with E-state index in [1.54, 1.807) is 6.20 Å². The zero-order chi connectivity index (χ0) is 9.68. The molecule has 0 spiro atoms. The fraction of sp³-hybridized carbons (Fsp3) is 0.364. The first-order valence-electron chi connectivity index (χ1n) is 4.62. The molecule has 0 aliphatic rings. The van der Waals surface area contributed by atoms with E-state index >= 15 is 0 Å². The van der Waals surface area contributed by atoms with E-state index < -0.39 is 0 Å². The monoisotopic (exact) mass is 362 g/mol. The van der Waals surface area contributed by atoms with Crippen molar-refractivity contribution in [3.8, 4) is 0 Å². The zero-order valence-electron chi connectivity index (χ0n) is 8.79. The molecule has 14 heavy (non-hydrogen) atoms. The number of aromatic nitrogens is 2. The molecule has 3 heteroatoms. The van der Waals surface area contributed by atoms with Crippen molar-refractivity contribution < 1.29 is 20.4 Å². The maximum absolute atomic E-state index is 3.91. The van der Waals surface area contributed by atoms with Crippen LogP contribution in [0, 0.1) is 6.92 Å². The topological polar surface area (TPSA) is 27.0 Å². The molecular weight excluding hydrogens is 346 g/mol. The fourth-order valence-electron chi connectivity index (χ4n) is 1.02. The summed E-state index contributed by atoms with van der Waals surface area (Å²) in [6.07, 6.45) is 3.03. The number of fused-ring (bicyclic) bond motifs is 1. The van der Waals surface area contributed by atoms with Gasteiger partial charge < -0.3 is 10.2 Å². The van der Waals surface area contributed by atoms with Gasteiger partial charge in [-0.3, -0.25) is 0 Å². The van der Waals surface area contributed by atoms with E-state index in [0.29, 0.717) is 0 Å². The molecular formula is C11H15N2Re-. The van der Waals surface area contributed by atoms with Gasteiger partial charge >= 0.3 is 0 Å². The van der Waals surface area contributed by atoms with Crippen LogP contribution in [-0.2, 0) is 20.4 Å². The van der Waals surface area contributed by atoms with Crippen molar-refractivity contribution in [2.24, 2.45) is 0 Å². The molecule has 0 aliphatic heterocycles. The van der Waals surface area contributed by atoms with Crippen molar-refractivity contribution in [1.29, 1.82) is 0 Å². The minimum Gasteiger partial charge on any atom is -0.581 e. The van der Waals surface area contributed by atoms with E-state index in [1.807, 2.05) is 12.1 Å². The third-order valence-corrected chi connectivity index (χ3v) is 1.55. The summed E-state index contributed by atoms with van der Waals surface area (Å²) in [4.78, 5) is 0. The maximum atomic E-state index is 3.91. The summed E-state index contributed by atoms with van der Waals surface area (Å²) in [5, 5.41) is 8.83. The van der Waals surface area contributed by atoms with Gasteiger partial charge in [-0.05, 0) is 18.4 Å². The molecule has 1 radical (unpaired) electrons. The van der Waals surface area contributed by atoms with Gasteiger partial charge in [0.1, 0.15) is 0 Å². The van der Waals surface area contributed by atoms with Crippen LogP contribution in [0.3, 0.4) is 0 Å². The summed E-state index contributed by atoms with van der Waals surface area (Å²) < 4.78 is 0. The third-order valence-electron chi connectivity index (χ3n) is 1.55. The quantitative estimate of drug-likeness (QED) is 0.721.